The maximum absolute atomic E-state index is 11.3. The summed E-state index contributed by atoms with van der Waals surface area (Å²) in [7, 11) is -3.14. The van der Waals surface area contributed by atoms with Gasteiger partial charge >= 0.3 is 0 Å². The number of sulfonamides is 1. The second-order valence-electron chi connectivity index (χ2n) is 6.57. The summed E-state index contributed by atoms with van der Waals surface area (Å²) in [6, 6.07) is 6.16. The van der Waals surface area contributed by atoms with Gasteiger partial charge in [-0.15, -0.1) is 0 Å². The molecule has 1 aliphatic rings. The molecule has 0 spiro atoms. The van der Waals surface area contributed by atoms with E-state index < -0.39 is 10.0 Å². The van der Waals surface area contributed by atoms with Crippen LogP contribution in [0, 0.1) is 12.8 Å². The van der Waals surface area contributed by atoms with Crippen molar-refractivity contribution in [1.82, 2.24) is 19.3 Å². The van der Waals surface area contributed by atoms with Gasteiger partial charge in [0, 0.05) is 50.7 Å². The second kappa shape index (κ2) is 7.08. The normalized spacial score (nSPS) is 19.2. The van der Waals surface area contributed by atoms with Crippen molar-refractivity contribution in [1.29, 1.82) is 0 Å². The third-order valence-corrected chi connectivity index (χ3v) is 4.99. The molecule has 0 bridgehead atoms. The third kappa shape index (κ3) is 4.68. The average molecular weight is 352 g/mol. The van der Waals surface area contributed by atoms with Crippen molar-refractivity contribution in [3.05, 3.63) is 41.5 Å². The van der Waals surface area contributed by atoms with E-state index in [1.807, 2.05) is 13.0 Å². The number of hydrogen-bond donors (Lipinski definition) is 1. The summed E-state index contributed by atoms with van der Waals surface area (Å²) in [5.74, 6) is 1.19. The van der Waals surface area contributed by atoms with Crippen molar-refractivity contribution in [2.45, 2.75) is 33.0 Å². The zero-order valence-corrected chi connectivity index (χ0v) is 14.9. The molecule has 8 heteroatoms. The van der Waals surface area contributed by atoms with E-state index in [9.17, 15) is 8.42 Å². The molecule has 0 saturated carbocycles. The lowest BCUT2D eigenvalue weighted by molar-refractivity contribution is 0.210. The van der Waals surface area contributed by atoms with E-state index in [1.165, 1.54) is 11.9 Å². The SMILES string of the molecule is Cc1cc(CN2Cc3cccn3C[C@@H](CCNS(C)(=O)=O)C2)no1. The van der Waals surface area contributed by atoms with Gasteiger partial charge in [0.2, 0.25) is 10.0 Å². The maximum atomic E-state index is 11.3. The van der Waals surface area contributed by atoms with Gasteiger partial charge in [-0.25, -0.2) is 13.1 Å². The molecule has 3 rings (SSSR count). The second-order valence-corrected chi connectivity index (χ2v) is 8.40. The first-order chi connectivity index (χ1) is 11.4. The van der Waals surface area contributed by atoms with Gasteiger partial charge in [0.1, 0.15) is 5.76 Å². The molecule has 1 N–H and O–H groups in total. The molecule has 0 unspecified atom stereocenters. The van der Waals surface area contributed by atoms with E-state index in [1.54, 1.807) is 0 Å². The molecule has 2 aromatic heterocycles. The molecule has 0 aliphatic carbocycles. The van der Waals surface area contributed by atoms with E-state index in [-0.39, 0.29) is 0 Å². The van der Waals surface area contributed by atoms with Crippen molar-refractivity contribution in [3.63, 3.8) is 0 Å². The van der Waals surface area contributed by atoms with Crippen LogP contribution in [0.1, 0.15) is 23.6 Å². The van der Waals surface area contributed by atoms with E-state index in [0.29, 0.717) is 12.5 Å². The number of aryl methyl sites for hydroxylation is 1. The lowest BCUT2D eigenvalue weighted by Gasteiger charge is -2.23. The van der Waals surface area contributed by atoms with Crippen molar-refractivity contribution in [2.75, 3.05) is 19.3 Å². The van der Waals surface area contributed by atoms with Crippen LogP contribution in [0.3, 0.4) is 0 Å². The highest BCUT2D eigenvalue weighted by Gasteiger charge is 2.22. The fourth-order valence-corrected chi connectivity index (χ4v) is 3.73. The van der Waals surface area contributed by atoms with Gasteiger partial charge in [0.05, 0.1) is 11.9 Å². The summed E-state index contributed by atoms with van der Waals surface area (Å²) >= 11 is 0. The summed E-state index contributed by atoms with van der Waals surface area (Å²) in [6.07, 6.45) is 4.10. The predicted octanol–water partition coefficient (Wildman–Crippen LogP) is 1.36. The topological polar surface area (TPSA) is 80.4 Å². The summed E-state index contributed by atoms with van der Waals surface area (Å²) in [4.78, 5) is 2.35. The minimum absolute atomic E-state index is 0.376. The molecule has 0 saturated heterocycles. The van der Waals surface area contributed by atoms with Crippen molar-refractivity contribution < 1.29 is 12.9 Å². The highest BCUT2D eigenvalue weighted by molar-refractivity contribution is 7.88. The van der Waals surface area contributed by atoms with Gasteiger partial charge < -0.3 is 9.09 Å². The van der Waals surface area contributed by atoms with Gasteiger partial charge in [0.15, 0.2) is 0 Å². The summed E-state index contributed by atoms with van der Waals surface area (Å²) in [5, 5.41) is 4.09. The third-order valence-electron chi connectivity index (χ3n) is 4.26. The van der Waals surface area contributed by atoms with E-state index >= 15 is 0 Å². The Hall–Kier alpha value is -1.64. The Morgan fingerprint density at radius 1 is 1.42 bits per heavy atom. The van der Waals surface area contributed by atoms with Crippen LogP contribution in [0.5, 0.6) is 0 Å². The van der Waals surface area contributed by atoms with Gasteiger partial charge in [-0.1, -0.05) is 5.16 Å². The molecule has 3 heterocycles. The van der Waals surface area contributed by atoms with Gasteiger partial charge in [-0.3, -0.25) is 4.90 Å². The monoisotopic (exact) mass is 352 g/mol. The molecule has 7 nitrogen and oxygen atoms in total. The van der Waals surface area contributed by atoms with Crippen LogP contribution in [0.15, 0.2) is 28.9 Å². The minimum atomic E-state index is -3.14. The van der Waals surface area contributed by atoms with E-state index in [4.69, 9.17) is 4.52 Å². The van der Waals surface area contributed by atoms with Crippen LogP contribution in [-0.2, 0) is 29.7 Å². The highest BCUT2D eigenvalue weighted by Crippen LogP contribution is 2.21. The zero-order chi connectivity index (χ0) is 17.2. The fraction of sp³-hybridized carbons (Fsp3) is 0.562. The molecule has 0 aromatic carbocycles. The number of aromatic nitrogens is 2. The molecule has 24 heavy (non-hydrogen) atoms. The first kappa shape index (κ1) is 17.2. The lowest BCUT2D eigenvalue weighted by atomic mass is 10.1. The maximum Gasteiger partial charge on any atom is 0.208 e. The standard InChI is InChI=1S/C16H24N4O3S/c1-13-8-15(18-23-13)11-19-9-14(5-6-17-24(2,21)22)10-20-7-3-4-16(20)12-19/h3-4,7-8,14,17H,5-6,9-12H2,1-2H3/t14-/m0/s1. The quantitative estimate of drug-likeness (QED) is 0.849. The van der Waals surface area contributed by atoms with Crippen LogP contribution in [0.2, 0.25) is 0 Å². The molecular weight excluding hydrogens is 328 g/mol. The van der Waals surface area contributed by atoms with E-state index in [0.717, 1.165) is 44.1 Å². The first-order valence-electron chi connectivity index (χ1n) is 8.12. The molecule has 1 atom stereocenters. The molecule has 1 aliphatic heterocycles. The molecule has 0 amide bonds. The smallest absolute Gasteiger partial charge is 0.208 e. The molecule has 2 aromatic rings. The number of fused-ring (bicyclic) bond motifs is 1. The molecular formula is C16H24N4O3S. The van der Waals surface area contributed by atoms with Crippen LogP contribution in [0.25, 0.3) is 0 Å². The summed E-state index contributed by atoms with van der Waals surface area (Å²) in [5.41, 5.74) is 2.20. The molecule has 0 radical (unpaired) electrons. The Labute approximate surface area is 142 Å². The summed E-state index contributed by atoms with van der Waals surface area (Å²) in [6.45, 7) is 5.76. The van der Waals surface area contributed by atoms with Gasteiger partial charge in [-0.2, -0.15) is 0 Å². The van der Waals surface area contributed by atoms with Crippen LogP contribution in [0.4, 0.5) is 0 Å². The van der Waals surface area contributed by atoms with Crippen LogP contribution < -0.4 is 4.72 Å². The number of nitrogens with one attached hydrogen (secondary N) is 1. The van der Waals surface area contributed by atoms with Crippen LogP contribution >= 0.6 is 0 Å². The largest absolute Gasteiger partial charge is 0.361 e. The Morgan fingerprint density at radius 3 is 2.96 bits per heavy atom. The highest BCUT2D eigenvalue weighted by atomic mass is 32.2. The Bertz CT molecular complexity index is 781. The van der Waals surface area contributed by atoms with Gasteiger partial charge in [0.25, 0.3) is 0 Å². The summed E-state index contributed by atoms with van der Waals surface area (Å²) < 4.78 is 32.5. The van der Waals surface area contributed by atoms with E-state index in [2.05, 4.69) is 37.7 Å². The van der Waals surface area contributed by atoms with Gasteiger partial charge in [-0.05, 0) is 31.4 Å². The number of rotatable bonds is 6. The zero-order valence-electron chi connectivity index (χ0n) is 14.1. The predicted molar refractivity (Wildman–Crippen MR) is 90.7 cm³/mol. The Morgan fingerprint density at radius 2 is 2.25 bits per heavy atom. The number of nitrogens with zero attached hydrogens (tertiary/aromatic N) is 3. The first-order valence-corrected chi connectivity index (χ1v) is 10.0. The fourth-order valence-electron chi connectivity index (χ4n) is 3.24. The number of hydrogen-bond acceptors (Lipinski definition) is 5. The van der Waals surface area contributed by atoms with Crippen molar-refractivity contribution in [3.8, 4) is 0 Å². The molecule has 0 fully saturated rings. The lowest BCUT2D eigenvalue weighted by Crippen LogP contribution is -2.31. The van der Waals surface area contributed by atoms with Crippen LogP contribution in [-0.4, -0.2) is 42.4 Å². The Balaban J connectivity index is 1.68. The molecule has 132 valence electrons. The van der Waals surface area contributed by atoms with Crippen molar-refractivity contribution >= 4 is 10.0 Å². The Kier molecular flexibility index (Phi) is 5.07. The van der Waals surface area contributed by atoms with Crippen molar-refractivity contribution in [2.24, 2.45) is 5.92 Å². The minimum Gasteiger partial charge on any atom is -0.361 e. The average Bonchev–Trinajstić information content (AvgIpc) is 3.03.